The van der Waals surface area contributed by atoms with Gasteiger partial charge in [0.15, 0.2) is 0 Å². The van der Waals surface area contributed by atoms with E-state index in [0.717, 1.165) is 32.9 Å². The monoisotopic (exact) mass is 536 g/mol. The minimum absolute atomic E-state index is 0.251. The number of fused-ring (bicyclic) bond motifs is 1. The van der Waals surface area contributed by atoms with Crippen LogP contribution in [-0.2, 0) is 12.8 Å². The second-order valence-corrected chi connectivity index (χ2v) is 9.82. The molecule has 0 radical (unpaired) electrons. The summed E-state index contributed by atoms with van der Waals surface area (Å²) in [7, 11) is 0. The van der Waals surface area contributed by atoms with E-state index in [0.29, 0.717) is 16.5 Å². The van der Waals surface area contributed by atoms with Crippen molar-refractivity contribution >= 4 is 29.5 Å². The first-order valence-electron chi connectivity index (χ1n) is 11.7. The fourth-order valence-electron chi connectivity index (χ4n) is 3.69. The van der Waals surface area contributed by atoms with E-state index in [1.807, 2.05) is 42.5 Å². The number of hydroxylamine groups is 4. The van der Waals surface area contributed by atoms with Gasteiger partial charge in [0.25, 0.3) is 0 Å². The number of hydrogen-bond acceptors (Lipinski definition) is 5. The maximum absolute atomic E-state index is 12.9. The Morgan fingerprint density at radius 1 is 1.00 bits per heavy atom. The minimum atomic E-state index is -0.940. The van der Waals surface area contributed by atoms with Crippen molar-refractivity contribution in [3.05, 3.63) is 98.5 Å². The Balaban J connectivity index is 0.000000221. The highest BCUT2D eigenvalue weighted by molar-refractivity contribution is 7.12. The number of nitrogens with two attached hydrogens (primary N) is 2. The van der Waals surface area contributed by atoms with Crippen LogP contribution in [0.1, 0.15) is 40.3 Å². The number of urea groups is 2. The van der Waals surface area contributed by atoms with E-state index in [1.54, 1.807) is 26.0 Å². The van der Waals surface area contributed by atoms with E-state index in [-0.39, 0.29) is 11.9 Å². The molecule has 0 fully saturated rings. The van der Waals surface area contributed by atoms with E-state index in [4.69, 9.17) is 11.5 Å². The standard InChI is InChI=1S/C16H15FN2O2S.C12H14N2O2/c1-11(19(21)16(18)20)2-7-14-8-9-15(22-14)10-12-3-5-13(17)6-4-12;1-8(14(16)12(13)15)11-6-9-4-2-3-5-10(9)7-11/h3-6,8-9,11,21H,10H2,1H3,(H2,18,20);2-6,8,16H,7H2,1H3,(H2,13,15)/t11-;/m1./s1. The molecule has 6 N–H and O–H groups in total. The zero-order valence-electron chi connectivity index (χ0n) is 21.0. The van der Waals surface area contributed by atoms with Gasteiger partial charge in [-0.1, -0.05) is 54.3 Å². The Morgan fingerprint density at radius 3 is 2.29 bits per heavy atom. The third-order valence-electron chi connectivity index (χ3n) is 5.87. The normalized spacial score (nSPS) is 13.0. The highest BCUT2D eigenvalue weighted by atomic mass is 32.1. The summed E-state index contributed by atoms with van der Waals surface area (Å²) in [6.07, 6.45) is 3.45. The van der Waals surface area contributed by atoms with Crippen LogP contribution in [0, 0.1) is 17.7 Å². The number of hydrogen-bond donors (Lipinski definition) is 4. The number of carbonyl (C=O) groups is 2. The Kier molecular flexibility index (Phi) is 9.62. The number of amides is 4. The van der Waals surface area contributed by atoms with Gasteiger partial charge < -0.3 is 11.5 Å². The van der Waals surface area contributed by atoms with Crippen molar-refractivity contribution in [2.24, 2.45) is 11.5 Å². The average molecular weight is 537 g/mol. The first kappa shape index (κ1) is 28.4. The zero-order chi connectivity index (χ0) is 27.8. The maximum Gasteiger partial charge on any atom is 0.339 e. The summed E-state index contributed by atoms with van der Waals surface area (Å²) in [5.41, 5.74) is 14.3. The molecular formula is C28H29FN4O4S. The minimum Gasteiger partial charge on any atom is -0.350 e. The van der Waals surface area contributed by atoms with Crippen LogP contribution in [-0.4, -0.2) is 44.7 Å². The predicted octanol–water partition coefficient (Wildman–Crippen LogP) is 4.77. The molecule has 2 aromatic carbocycles. The second-order valence-electron chi connectivity index (χ2n) is 8.65. The van der Waals surface area contributed by atoms with Crippen LogP contribution in [0.3, 0.4) is 0 Å². The molecule has 1 aromatic heterocycles. The summed E-state index contributed by atoms with van der Waals surface area (Å²) in [5, 5.41) is 19.7. The lowest BCUT2D eigenvalue weighted by Crippen LogP contribution is -2.40. The molecule has 38 heavy (non-hydrogen) atoms. The van der Waals surface area contributed by atoms with Crippen LogP contribution in [0.5, 0.6) is 0 Å². The van der Waals surface area contributed by atoms with Crippen molar-refractivity contribution in [2.75, 3.05) is 0 Å². The van der Waals surface area contributed by atoms with Crippen molar-refractivity contribution in [1.29, 1.82) is 0 Å². The summed E-state index contributed by atoms with van der Waals surface area (Å²) < 4.78 is 12.9. The van der Waals surface area contributed by atoms with E-state index >= 15 is 0 Å². The fourth-order valence-corrected chi connectivity index (χ4v) is 4.60. The van der Waals surface area contributed by atoms with Crippen LogP contribution in [0.15, 0.2) is 66.2 Å². The van der Waals surface area contributed by atoms with Gasteiger partial charge >= 0.3 is 12.1 Å². The Hall–Kier alpha value is -4.17. The van der Waals surface area contributed by atoms with Crippen LogP contribution in [0.4, 0.5) is 14.0 Å². The first-order chi connectivity index (χ1) is 18.0. The molecular weight excluding hydrogens is 507 g/mol. The zero-order valence-corrected chi connectivity index (χ0v) is 21.8. The Labute approximate surface area is 224 Å². The van der Waals surface area contributed by atoms with Gasteiger partial charge in [0.05, 0.1) is 10.9 Å². The summed E-state index contributed by atoms with van der Waals surface area (Å²) >= 11 is 1.51. The molecule has 0 spiro atoms. The lowest BCUT2D eigenvalue weighted by atomic mass is 10.1. The SMILES string of the molecule is CC(C1=Cc2ccccc2C1)N(O)C(N)=O.C[C@H](C#Cc1ccc(Cc2ccc(F)cc2)s1)N(O)C(N)=O. The number of rotatable bonds is 5. The first-order valence-corrected chi connectivity index (χ1v) is 12.5. The number of carbonyl (C=O) groups excluding carboxylic acids is 2. The quantitative estimate of drug-likeness (QED) is 0.212. The highest BCUT2D eigenvalue weighted by Crippen LogP contribution is 2.28. The molecule has 0 saturated carbocycles. The number of benzene rings is 2. The number of primary amides is 2. The molecule has 1 unspecified atom stereocenters. The van der Waals surface area contributed by atoms with Gasteiger partial charge in [0.2, 0.25) is 0 Å². The number of nitrogens with zero attached hydrogens (tertiary/aromatic N) is 2. The van der Waals surface area contributed by atoms with Crippen molar-refractivity contribution in [3.63, 3.8) is 0 Å². The average Bonchev–Trinajstić information content (AvgIpc) is 3.54. The summed E-state index contributed by atoms with van der Waals surface area (Å²) in [4.78, 5) is 23.5. The molecule has 198 valence electrons. The summed E-state index contributed by atoms with van der Waals surface area (Å²) in [6, 6.07) is 15.4. The predicted molar refractivity (Wildman–Crippen MR) is 144 cm³/mol. The van der Waals surface area contributed by atoms with E-state index in [1.165, 1.54) is 29.0 Å². The Bertz CT molecular complexity index is 1380. The van der Waals surface area contributed by atoms with Gasteiger partial charge in [-0.15, -0.1) is 11.3 Å². The largest absolute Gasteiger partial charge is 0.350 e. The molecule has 0 aliphatic heterocycles. The van der Waals surface area contributed by atoms with Crippen molar-refractivity contribution < 1.29 is 24.4 Å². The molecule has 0 saturated heterocycles. The molecule has 4 rings (SSSR count). The van der Waals surface area contributed by atoms with Gasteiger partial charge in [0.1, 0.15) is 11.9 Å². The lowest BCUT2D eigenvalue weighted by molar-refractivity contribution is -0.0593. The third-order valence-corrected chi connectivity index (χ3v) is 6.87. The third kappa shape index (κ3) is 7.66. The molecule has 0 bridgehead atoms. The smallest absolute Gasteiger partial charge is 0.339 e. The molecule has 1 aliphatic rings. The van der Waals surface area contributed by atoms with Gasteiger partial charge in [0, 0.05) is 11.3 Å². The summed E-state index contributed by atoms with van der Waals surface area (Å²) in [6.45, 7) is 3.33. The topological polar surface area (TPSA) is 133 Å². The molecule has 8 nitrogen and oxygen atoms in total. The summed E-state index contributed by atoms with van der Waals surface area (Å²) in [5.74, 6) is 5.39. The van der Waals surface area contributed by atoms with Gasteiger partial charge in [-0.2, -0.15) is 10.1 Å². The van der Waals surface area contributed by atoms with Crippen LogP contribution >= 0.6 is 11.3 Å². The van der Waals surface area contributed by atoms with E-state index in [2.05, 4.69) is 11.8 Å². The van der Waals surface area contributed by atoms with E-state index < -0.39 is 18.1 Å². The highest BCUT2D eigenvalue weighted by Gasteiger charge is 2.23. The number of thiophene rings is 1. The molecule has 3 aromatic rings. The molecule has 1 heterocycles. The second kappa shape index (κ2) is 12.9. The van der Waals surface area contributed by atoms with Crippen molar-refractivity contribution in [1.82, 2.24) is 10.1 Å². The molecule has 2 atom stereocenters. The molecule has 1 aliphatic carbocycles. The lowest BCUT2D eigenvalue weighted by Gasteiger charge is -2.21. The van der Waals surface area contributed by atoms with Gasteiger partial charge in [-0.05, 0) is 66.8 Å². The fraction of sp³-hybridized carbons (Fsp3) is 0.214. The van der Waals surface area contributed by atoms with Crippen LogP contribution < -0.4 is 11.5 Å². The van der Waals surface area contributed by atoms with Crippen LogP contribution in [0.2, 0.25) is 0 Å². The van der Waals surface area contributed by atoms with Crippen molar-refractivity contribution in [2.45, 2.75) is 38.8 Å². The van der Waals surface area contributed by atoms with Gasteiger partial charge in [-0.3, -0.25) is 10.4 Å². The maximum atomic E-state index is 12.9. The Morgan fingerprint density at radius 2 is 1.66 bits per heavy atom. The molecule has 10 heteroatoms. The van der Waals surface area contributed by atoms with Gasteiger partial charge in [-0.25, -0.2) is 14.0 Å². The number of halogens is 1. The van der Waals surface area contributed by atoms with E-state index in [9.17, 15) is 24.4 Å². The van der Waals surface area contributed by atoms with Crippen molar-refractivity contribution in [3.8, 4) is 11.8 Å². The molecule has 4 amide bonds. The van der Waals surface area contributed by atoms with Crippen LogP contribution in [0.25, 0.3) is 6.08 Å².